The molecule has 6 nitrogen and oxygen atoms in total. The van der Waals surface area contributed by atoms with Crippen molar-refractivity contribution in [3.05, 3.63) is 17.5 Å². The van der Waals surface area contributed by atoms with Gasteiger partial charge in [0.15, 0.2) is 0 Å². The highest BCUT2D eigenvalue weighted by Crippen LogP contribution is 2.26. The first-order valence-electron chi connectivity index (χ1n) is 5.24. The van der Waals surface area contributed by atoms with Gasteiger partial charge in [-0.2, -0.15) is 5.10 Å². The maximum absolute atomic E-state index is 11.0. The highest BCUT2D eigenvalue weighted by Gasteiger charge is 2.14. The molecule has 0 spiro atoms. The van der Waals surface area contributed by atoms with Crippen molar-refractivity contribution < 1.29 is 9.53 Å². The molecule has 0 aliphatic carbocycles. The summed E-state index contributed by atoms with van der Waals surface area (Å²) in [4.78, 5) is 15.3. The number of aromatic amines is 1. The molecule has 0 aliphatic heterocycles. The van der Waals surface area contributed by atoms with Crippen LogP contribution in [0.15, 0.2) is 6.20 Å². The maximum Gasteiger partial charge on any atom is 0.220 e. The fraction of sp³-hybridized carbons (Fsp3) is 0.364. The van der Waals surface area contributed by atoms with Gasteiger partial charge in [-0.05, 0) is 6.92 Å². The van der Waals surface area contributed by atoms with Crippen LogP contribution in [0.25, 0.3) is 10.9 Å². The lowest BCUT2D eigenvalue weighted by Crippen LogP contribution is -2.20. The molecule has 0 aromatic carbocycles. The van der Waals surface area contributed by atoms with Gasteiger partial charge in [0.2, 0.25) is 11.8 Å². The Hall–Kier alpha value is -2.11. The van der Waals surface area contributed by atoms with Crippen LogP contribution >= 0.6 is 0 Å². The molecule has 0 saturated heterocycles. The lowest BCUT2D eigenvalue weighted by Gasteiger charge is -2.10. The van der Waals surface area contributed by atoms with Crippen molar-refractivity contribution in [2.75, 3.05) is 7.11 Å². The second-order valence-corrected chi connectivity index (χ2v) is 3.75. The number of nitrogens with zero attached hydrogens (tertiary/aromatic N) is 2. The topological polar surface area (TPSA) is 79.9 Å². The fourth-order valence-corrected chi connectivity index (χ4v) is 1.72. The maximum atomic E-state index is 11.0. The zero-order chi connectivity index (χ0) is 12.4. The van der Waals surface area contributed by atoms with E-state index < -0.39 is 0 Å². The van der Waals surface area contributed by atoms with Crippen LogP contribution in [0.3, 0.4) is 0 Å². The quantitative estimate of drug-likeness (QED) is 0.827. The Labute approximate surface area is 98.4 Å². The summed E-state index contributed by atoms with van der Waals surface area (Å²) in [6.07, 6.45) is 1.72. The number of aromatic nitrogens is 3. The first-order valence-corrected chi connectivity index (χ1v) is 5.24. The van der Waals surface area contributed by atoms with Crippen LogP contribution in [0.1, 0.15) is 18.2 Å². The van der Waals surface area contributed by atoms with E-state index in [9.17, 15) is 4.79 Å². The number of H-pyrrole nitrogens is 1. The van der Waals surface area contributed by atoms with Gasteiger partial charge in [0.25, 0.3) is 0 Å². The van der Waals surface area contributed by atoms with Gasteiger partial charge in [0.05, 0.1) is 36.6 Å². The van der Waals surface area contributed by atoms with Crippen LogP contribution in [0, 0.1) is 6.92 Å². The molecule has 0 bridgehead atoms. The van der Waals surface area contributed by atoms with Crippen LogP contribution in [0.5, 0.6) is 5.88 Å². The van der Waals surface area contributed by atoms with E-state index in [0.29, 0.717) is 12.4 Å². The molecule has 6 heteroatoms. The average molecular weight is 234 g/mol. The Kier molecular flexibility index (Phi) is 2.95. The van der Waals surface area contributed by atoms with Gasteiger partial charge in [0.1, 0.15) is 0 Å². The zero-order valence-electron chi connectivity index (χ0n) is 10.00. The molecular formula is C11H14N4O2. The number of carbonyl (C=O) groups excluding carboxylic acids is 1. The molecule has 0 saturated carbocycles. The molecule has 90 valence electrons. The monoisotopic (exact) mass is 234 g/mol. The van der Waals surface area contributed by atoms with E-state index in [-0.39, 0.29) is 5.91 Å². The Morgan fingerprint density at radius 1 is 1.59 bits per heavy atom. The van der Waals surface area contributed by atoms with Crippen molar-refractivity contribution in [2.24, 2.45) is 0 Å². The van der Waals surface area contributed by atoms with Gasteiger partial charge in [-0.15, -0.1) is 0 Å². The van der Waals surface area contributed by atoms with Gasteiger partial charge >= 0.3 is 0 Å². The van der Waals surface area contributed by atoms with Crippen LogP contribution in [-0.2, 0) is 11.3 Å². The zero-order valence-corrected chi connectivity index (χ0v) is 10.00. The lowest BCUT2D eigenvalue weighted by molar-refractivity contribution is -0.119. The third-order valence-electron chi connectivity index (χ3n) is 2.57. The number of methoxy groups -OCH3 is 1. The summed E-state index contributed by atoms with van der Waals surface area (Å²) in [5.41, 5.74) is 2.50. The van der Waals surface area contributed by atoms with E-state index in [1.54, 1.807) is 13.3 Å². The molecule has 2 N–H and O–H groups in total. The normalized spacial score (nSPS) is 10.5. The van der Waals surface area contributed by atoms with Crippen LogP contribution in [0.4, 0.5) is 0 Å². The molecule has 2 aromatic heterocycles. The number of hydrogen-bond donors (Lipinski definition) is 2. The minimum Gasteiger partial charge on any atom is -0.481 e. The van der Waals surface area contributed by atoms with Crippen molar-refractivity contribution in [3.63, 3.8) is 0 Å². The van der Waals surface area contributed by atoms with Crippen LogP contribution < -0.4 is 10.1 Å². The van der Waals surface area contributed by atoms with E-state index in [2.05, 4.69) is 20.5 Å². The SMILES string of the molecule is COc1nc(C)c2cn[nH]c2c1CNC(C)=O. The van der Waals surface area contributed by atoms with Crippen molar-refractivity contribution in [2.45, 2.75) is 20.4 Å². The molecule has 2 heterocycles. The molecule has 0 atom stereocenters. The average Bonchev–Trinajstić information content (AvgIpc) is 2.76. The number of nitrogens with one attached hydrogen (secondary N) is 2. The standard InChI is InChI=1S/C11H14N4O2/c1-6-8-5-13-15-10(8)9(4-12-7(2)16)11(14-6)17-3/h5H,4H2,1-3H3,(H,12,16)(H,13,15). The summed E-state index contributed by atoms with van der Waals surface area (Å²) < 4.78 is 5.23. The predicted molar refractivity (Wildman–Crippen MR) is 62.7 cm³/mol. The molecule has 2 rings (SSSR count). The second-order valence-electron chi connectivity index (χ2n) is 3.75. The van der Waals surface area contributed by atoms with E-state index >= 15 is 0 Å². The highest BCUT2D eigenvalue weighted by molar-refractivity contribution is 5.85. The van der Waals surface area contributed by atoms with E-state index in [4.69, 9.17) is 4.74 Å². The van der Waals surface area contributed by atoms with Gasteiger partial charge in [0, 0.05) is 12.3 Å². The van der Waals surface area contributed by atoms with Crippen molar-refractivity contribution in [3.8, 4) is 5.88 Å². The Morgan fingerprint density at radius 3 is 3.00 bits per heavy atom. The van der Waals surface area contributed by atoms with Gasteiger partial charge in [-0.3, -0.25) is 9.89 Å². The van der Waals surface area contributed by atoms with Crippen molar-refractivity contribution in [1.29, 1.82) is 0 Å². The number of carbonyl (C=O) groups is 1. The molecule has 1 amide bonds. The number of rotatable bonds is 3. The molecule has 2 aromatic rings. The lowest BCUT2D eigenvalue weighted by atomic mass is 10.1. The Balaban J connectivity index is 2.53. The fourth-order valence-electron chi connectivity index (χ4n) is 1.72. The Morgan fingerprint density at radius 2 is 2.35 bits per heavy atom. The summed E-state index contributed by atoms with van der Waals surface area (Å²) in [6.45, 7) is 3.73. The third kappa shape index (κ3) is 2.06. The van der Waals surface area contributed by atoms with Crippen molar-refractivity contribution >= 4 is 16.8 Å². The number of hydrogen-bond acceptors (Lipinski definition) is 4. The van der Waals surface area contributed by atoms with E-state index in [1.165, 1.54) is 6.92 Å². The van der Waals surface area contributed by atoms with E-state index in [1.807, 2.05) is 6.92 Å². The number of fused-ring (bicyclic) bond motifs is 1. The summed E-state index contributed by atoms with van der Waals surface area (Å²) >= 11 is 0. The number of aryl methyl sites for hydroxylation is 1. The molecule has 0 unspecified atom stereocenters. The molecule has 17 heavy (non-hydrogen) atoms. The molecule has 0 aliphatic rings. The van der Waals surface area contributed by atoms with Crippen LogP contribution in [-0.4, -0.2) is 28.2 Å². The van der Waals surface area contributed by atoms with Gasteiger partial charge in [-0.1, -0.05) is 0 Å². The minimum atomic E-state index is -0.0970. The smallest absolute Gasteiger partial charge is 0.220 e. The van der Waals surface area contributed by atoms with E-state index in [0.717, 1.165) is 22.2 Å². The summed E-state index contributed by atoms with van der Waals surface area (Å²) in [5.74, 6) is 0.410. The number of amides is 1. The van der Waals surface area contributed by atoms with Gasteiger partial charge < -0.3 is 10.1 Å². The largest absolute Gasteiger partial charge is 0.481 e. The first-order chi connectivity index (χ1) is 8.13. The number of pyridine rings is 1. The first kappa shape index (κ1) is 11.4. The minimum absolute atomic E-state index is 0.0970. The summed E-state index contributed by atoms with van der Waals surface area (Å²) in [6, 6.07) is 0. The second kappa shape index (κ2) is 4.40. The highest BCUT2D eigenvalue weighted by atomic mass is 16.5. The summed E-state index contributed by atoms with van der Waals surface area (Å²) in [7, 11) is 1.56. The van der Waals surface area contributed by atoms with Gasteiger partial charge in [-0.25, -0.2) is 4.98 Å². The third-order valence-corrected chi connectivity index (χ3v) is 2.57. The van der Waals surface area contributed by atoms with Crippen molar-refractivity contribution in [1.82, 2.24) is 20.5 Å². The molecule has 0 fully saturated rings. The molecular weight excluding hydrogens is 220 g/mol. The van der Waals surface area contributed by atoms with Crippen LogP contribution in [0.2, 0.25) is 0 Å². The predicted octanol–water partition coefficient (Wildman–Crippen LogP) is 0.911. The number of ether oxygens (including phenoxy) is 1. The summed E-state index contributed by atoms with van der Waals surface area (Å²) in [5, 5.41) is 10.6. The molecule has 0 radical (unpaired) electrons. The Bertz CT molecular complexity index is 562.